The molecule has 0 bridgehead atoms. The summed E-state index contributed by atoms with van der Waals surface area (Å²) in [6.45, 7) is 8.63. The van der Waals surface area contributed by atoms with Crippen LogP contribution in [0.2, 0.25) is 0 Å². The summed E-state index contributed by atoms with van der Waals surface area (Å²) in [5.41, 5.74) is 7.67. The minimum Gasteiger partial charge on any atom is -0.389 e. The van der Waals surface area contributed by atoms with Crippen molar-refractivity contribution in [1.82, 2.24) is 9.78 Å². The van der Waals surface area contributed by atoms with Crippen molar-refractivity contribution in [3.63, 3.8) is 0 Å². The van der Waals surface area contributed by atoms with Crippen LogP contribution in [0.5, 0.6) is 0 Å². The zero-order valence-corrected chi connectivity index (χ0v) is 11.7. The predicted molar refractivity (Wildman–Crippen MR) is 74.4 cm³/mol. The lowest BCUT2D eigenvalue weighted by Gasteiger charge is -2.20. The molecule has 2 unspecified atom stereocenters. The van der Waals surface area contributed by atoms with Gasteiger partial charge >= 0.3 is 0 Å². The number of rotatable bonds is 2. The van der Waals surface area contributed by atoms with E-state index in [4.69, 9.17) is 18.0 Å². The lowest BCUT2D eigenvalue weighted by molar-refractivity contribution is 0.494. The number of anilines is 1. The molecule has 5 heteroatoms. The Morgan fingerprint density at radius 1 is 1.35 bits per heavy atom. The first-order chi connectivity index (χ1) is 7.91. The Morgan fingerprint density at radius 3 is 2.35 bits per heavy atom. The van der Waals surface area contributed by atoms with Gasteiger partial charge in [0, 0.05) is 20.1 Å². The van der Waals surface area contributed by atoms with Crippen LogP contribution in [-0.4, -0.2) is 27.9 Å². The van der Waals surface area contributed by atoms with E-state index in [-0.39, 0.29) is 0 Å². The van der Waals surface area contributed by atoms with Crippen molar-refractivity contribution in [2.45, 2.75) is 20.8 Å². The molecule has 2 heterocycles. The van der Waals surface area contributed by atoms with Gasteiger partial charge in [0.25, 0.3) is 0 Å². The molecule has 1 aromatic heterocycles. The number of nitrogens with zero attached hydrogens (tertiary/aromatic N) is 3. The maximum Gasteiger partial charge on any atom is 0.137 e. The standard InChI is InChI=1S/C12H20N4S/c1-7-5-16(6-8(7)2)12-10(11(13)17)9(3)14-15(12)4/h7-8H,5-6H2,1-4H3,(H2,13,17). The van der Waals surface area contributed by atoms with Crippen LogP contribution in [0.4, 0.5) is 5.82 Å². The molecule has 2 rings (SSSR count). The third-order valence-corrected chi connectivity index (χ3v) is 3.93. The van der Waals surface area contributed by atoms with Gasteiger partial charge in [-0.3, -0.25) is 4.68 Å². The normalized spacial score (nSPS) is 24.4. The fraction of sp³-hybridized carbons (Fsp3) is 0.667. The fourth-order valence-corrected chi connectivity index (χ4v) is 2.84. The highest BCUT2D eigenvalue weighted by Gasteiger charge is 2.30. The molecule has 0 saturated carbocycles. The second-order valence-corrected chi connectivity index (χ2v) is 5.57. The predicted octanol–water partition coefficient (Wildman–Crippen LogP) is 1.45. The highest BCUT2D eigenvalue weighted by molar-refractivity contribution is 7.80. The summed E-state index contributed by atoms with van der Waals surface area (Å²) in [6, 6.07) is 0. The van der Waals surface area contributed by atoms with E-state index < -0.39 is 0 Å². The highest BCUT2D eigenvalue weighted by atomic mass is 32.1. The molecule has 17 heavy (non-hydrogen) atoms. The van der Waals surface area contributed by atoms with Gasteiger partial charge in [0.05, 0.1) is 11.3 Å². The number of nitrogens with two attached hydrogens (primary N) is 1. The van der Waals surface area contributed by atoms with Gasteiger partial charge in [-0.2, -0.15) is 5.10 Å². The summed E-state index contributed by atoms with van der Waals surface area (Å²) in [5.74, 6) is 2.47. The van der Waals surface area contributed by atoms with Gasteiger partial charge in [-0.1, -0.05) is 26.1 Å². The van der Waals surface area contributed by atoms with Crippen molar-refractivity contribution >= 4 is 23.0 Å². The van der Waals surface area contributed by atoms with E-state index in [1.165, 1.54) is 0 Å². The second kappa shape index (κ2) is 4.29. The first-order valence-corrected chi connectivity index (χ1v) is 6.41. The molecule has 4 nitrogen and oxygen atoms in total. The van der Waals surface area contributed by atoms with Crippen molar-refractivity contribution in [2.75, 3.05) is 18.0 Å². The van der Waals surface area contributed by atoms with Crippen LogP contribution in [0.1, 0.15) is 25.1 Å². The second-order valence-electron chi connectivity index (χ2n) is 5.13. The molecular weight excluding hydrogens is 232 g/mol. The summed E-state index contributed by atoms with van der Waals surface area (Å²) < 4.78 is 1.90. The molecule has 0 amide bonds. The number of thiocarbonyl (C=S) groups is 1. The van der Waals surface area contributed by atoms with Gasteiger partial charge in [0.1, 0.15) is 10.8 Å². The molecule has 0 spiro atoms. The maximum atomic E-state index is 5.82. The zero-order valence-electron chi connectivity index (χ0n) is 10.9. The molecule has 2 atom stereocenters. The lowest BCUT2D eigenvalue weighted by Crippen LogP contribution is -2.25. The topological polar surface area (TPSA) is 47.1 Å². The van der Waals surface area contributed by atoms with Crippen LogP contribution < -0.4 is 10.6 Å². The quantitative estimate of drug-likeness (QED) is 0.809. The monoisotopic (exact) mass is 252 g/mol. The van der Waals surface area contributed by atoms with Gasteiger partial charge in [0.2, 0.25) is 0 Å². The SMILES string of the molecule is Cc1nn(C)c(N2CC(C)C(C)C2)c1C(N)=S. The van der Waals surface area contributed by atoms with Crippen molar-refractivity contribution in [2.24, 2.45) is 24.6 Å². The molecule has 2 N–H and O–H groups in total. The van der Waals surface area contributed by atoms with Gasteiger partial charge in [-0.25, -0.2) is 0 Å². The summed E-state index contributed by atoms with van der Waals surface area (Å²) in [7, 11) is 1.96. The van der Waals surface area contributed by atoms with E-state index in [9.17, 15) is 0 Å². The van der Waals surface area contributed by atoms with Crippen molar-refractivity contribution in [1.29, 1.82) is 0 Å². The maximum absolute atomic E-state index is 5.82. The Kier molecular flexibility index (Phi) is 3.12. The van der Waals surface area contributed by atoms with E-state index in [0.717, 1.165) is 30.2 Å². The molecule has 1 aromatic rings. The van der Waals surface area contributed by atoms with Crippen LogP contribution in [0.25, 0.3) is 0 Å². The Balaban J connectivity index is 2.42. The van der Waals surface area contributed by atoms with Crippen molar-refractivity contribution in [3.05, 3.63) is 11.3 Å². The lowest BCUT2D eigenvalue weighted by atomic mass is 10.0. The molecule has 1 fully saturated rings. The number of aryl methyl sites for hydroxylation is 2. The van der Waals surface area contributed by atoms with E-state index in [1.807, 2.05) is 18.7 Å². The van der Waals surface area contributed by atoms with Crippen LogP contribution in [0.3, 0.4) is 0 Å². The molecule has 0 aliphatic carbocycles. The molecule has 94 valence electrons. The van der Waals surface area contributed by atoms with E-state index in [0.29, 0.717) is 16.8 Å². The van der Waals surface area contributed by atoms with E-state index >= 15 is 0 Å². The Bertz CT molecular complexity index is 442. The smallest absolute Gasteiger partial charge is 0.137 e. The Morgan fingerprint density at radius 2 is 1.88 bits per heavy atom. The number of aromatic nitrogens is 2. The molecule has 1 aliphatic heterocycles. The van der Waals surface area contributed by atoms with Gasteiger partial charge in [0.15, 0.2) is 0 Å². The number of hydrogen-bond acceptors (Lipinski definition) is 3. The summed E-state index contributed by atoms with van der Waals surface area (Å²) in [4.78, 5) is 2.79. The third kappa shape index (κ3) is 2.04. The van der Waals surface area contributed by atoms with Crippen LogP contribution in [0, 0.1) is 18.8 Å². The third-order valence-electron chi connectivity index (χ3n) is 3.73. The van der Waals surface area contributed by atoms with Crippen LogP contribution in [0.15, 0.2) is 0 Å². The minimum atomic E-state index is 0.442. The summed E-state index contributed by atoms with van der Waals surface area (Å²) in [5, 5.41) is 4.43. The van der Waals surface area contributed by atoms with Crippen LogP contribution >= 0.6 is 12.2 Å². The highest BCUT2D eigenvalue weighted by Crippen LogP contribution is 2.31. The molecule has 0 aromatic carbocycles. The van der Waals surface area contributed by atoms with Gasteiger partial charge in [-0.05, 0) is 18.8 Å². The largest absolute Gasteiger partial charge is 0.389 e. The Hall–Kier alpha value is -1.10. The average molecular weight is 252 g/mol. The van der Waals surface area contributed by atoms with E-state index in [1.54, 1.807) is 0 Å². The molecular formula is C12H20N4S. The Labute approximate surface area is 108 Å². The number of hydrogen-bond donors (Lipinski definition) is 1. The first-order valence-electron chi connectivity index (χ1n) is 6.00. The van der Waals surface area contributed by atoms with Gasteiger partial charge < -0.3 is 10.6 Å². The first kappa shape index (κ1) is 12.4. The van der Waals surface area contributed by atoms with Crippen molar-refractivity contribution in [3.8, 4) is 0 Å². The average Bonchev–Trinajstić information content (AvgIpc) is 2.68. The van der Waals surface area contributed by atoms with Crippen molar-refractivity contribution < 1.29 is 0 Å². The molecule has 1 saturated heterocycles. The summed E-state index contributed by atoms with van der Waals surface area (Å²) >= 11 is 5.14. The van der Waals surface area contributed by atoms with Crippen LogP contribution in [-0.2, 0) is 7.05 Å². The fourth-order valence-electron chi connectivity index (χ4n) is 2.60. The summed E-state index contributed by atoms with van der Waals surface area (Å²) in [6.07, 6.45) is 0. The molecule has 0 radical (unpaired) electrons. The van der Waals surface area contributed by atoms with Gasteiger partial charge in [-0.15, -0.1) is 0 Å². The zero-order chi connectivity index (χ0) is 12.7. The van der Waals surface area contributed by atoms with E-state index in [2.05, 4.69) is 23.8 Å². The minimum absolute atomic E-state index is 0.442. The molecule has 1 aliphatic rings.